The molecule has 1 amide bonds. The van der Waals surface area contributed by atoms with E-state index in [0.29, 0.717) is 32.2 Å². The molecule has 0 saturated carbocycles. The Morgan fingerprint density at radius 2 is 1.89 bits per heavy atom. The second-order valence-electron chi connectivity index (χ2n) is 8.53. The fourth-order valence-electron chi connectivity index (χ4n) is 3.84. The van der Waals surface area contributed by atoms with Crippen molar-refractivity contribution in [1.82, 2.24) is 10.3 Å². The van der Waals surface area contributed by atoms with Gasteiger partial charge in [0.25, 0.3) is 12.1 Å². The molecule has 0 aliphatic heterocycles. The summed E-state index contributed by atoms with van der Waals surface area (Å²) in [5, 5.41) is 7.36. The molecule has 5 aromatic rings. The van der Waals surface area contributed by atoms with Crippen LogP contribution in [0.1, 0.15) is 29.6 Å². The largest absolute Gasteiger partial charge is 0.497 e. The monoisotopic (exact) mass is 501 g/mol. The minimum Gasteiger partial charge on any atom is -0.497 e. The molecular weight excluding hydrogens is 476 g/mol. The highest BCUT2D eigenvalue weighted by Crippen LogP contribution is 2.42. The van der Waals surface area contributed by atoms with Gasteiger partial charge in [0.1, 0.15) is 15.5 Å². The quantitative estimate of drug-likeness (QED) is 0.222. The summed E-state index contributed by atoms with van der Waals surface area (Å²) in [5.41, 5.74) is 16.8. The summed E-state index contributed by atoms with van der Waals surface area (Å²) in [6.07, 6.45) is 1.63. The molecule has 0 radical (unpaired) electrons. The molecule has 0 saturated heterocycles. The van der Waals surface area contributed by atoms with E-state index in [4.69, 9.17) is 25.7 Å². The SMILES string of the molecule is COc1cccc(-c2cc(-c3ccc(N)cc3)nc3sc(C(=O)Nc4c[n+](C(C)C)no4)c(N)c23)c1. The average molecular weight is 502 g/mol. The van der Waals surface area contributed by atoms with Crippen LogP contribution in [0.4, 0.5) is 17.3 Å². The molecule has 36 heavy (non-hydrogen) atoms. The fourth-order valence-corrected chi connectivity index (χ4v) is 4.85. The van der Waals surface area contributed by atoms with E-state index in [0.717, 1.165) is 22.4 Å². The first kappa shape index (κ1) is 23.3. The third kappa shape index (κ3) is 4.34. The van der Waals surface area contributed by atoms with Crippen LogP contribution < -0.4 is 26.2 Å². The lowest BCUT2D eigenvalue weighted by molar-refractivity contribution is -0.779. The molecule has 0 aliphatic carbocycles. The van der Waals surface area contributed by atoms with Crippen LogP contribution in [0.25, 0.3) is 32.6 Å². The molecule has 5 N–H and O–H groups in total. The number of carbonyl (C=O) groups is 1. The third-order valence-electron chi connectivity index (χ3n) is 5.74. The summed E-state index contributed by atoms with van der Waals surface area (Å²) in [7, 11) is 1.62. The van der Waals surface area contributed by atoms with E-state index in [1.165, 1.54) is 11.3 Å². The zero-order valence-corrected chi connectivity index (χ0v) is 20.8. The van der Waals surface area contributed by atoms with Crippen molar-refractivity contribution in [3.63, 3.8) is 0 Å². The Kier molecular flexibility index (Phi) is 6.03. The van der Waals surface area contributed by atoms with Crippen LogP contribution in [0.2, 0.25) is 0 Å². The van der Waals surface area contributed by atoms with Gasteiger partial charge in [0.05, 0.1) is 18.5 Å². The van der Waals surface area contributed by atoms with Gasteiger partial charge in [-0.25, -0.2) is 4.98 Å². The highest BCUT2D eigenvalue weighted by molar-refractivity contribution is 7.21. The van der Waals surface area contributed by atoms with E-state index in [1.54, 1.807) is 18.0 Å². The average Bonchev–Trinajstić information content (AvgIpc) is 3.48. The first-order chi connectivity index (χ1) is 17.3. The number of amides is 1. The molecule has 5 rings (SSSR count). The highest BCUT2D eigenvalue weighted by Gasteiger charge is 2.24. The van der Waals surface area contributed by atoms with Crippen LogP contribution in [-0.2, 0) is 0 Å². The van der Waals surface area contributed by atoms with Crippen LogP contribution in [0.5, 0.6) is 5.75 Å². The lowest BCUT2D eigenvalue weighted by Crippen LogP contribution is -2.36. The van der Waals surface area contributed by atoms with Crippen molar-refractivity contribution < 1.29 is 18.7 Å². The van der Waals surface area contributed by atoms with Gasteiger partial charge in [-0.3, -0.25) is 14.6 Å². The molecule has 0 fully saturated rings. The van der Waals surface area contributed by atoms with Gasteiger partial charge >= 0.3 is 5.88 Å². The highest BCUT2D eigenvalue weighted by atomic mass is 32.1. The smallest absolute Gasteiger partial charge is 0.302 e. The Morgan fingerprint density at radius 1 is 1.11 bits per heavy atom. The van der Waals surface area contributed by atoms with Gasteiger partial charge in [-0.1, -0.05) is 24.3 Å². The summed E-state index contributed by atoms with van der Waals surface area (Å²) in [4.78, 5) is 19.0. The molecule has 3 aromatic heterocycles. The number of nitrogen functional groups attached to an aromatic ring is 2. The number of nitrogens with two attached hydrogens (primary N) is 2. The van der Waals surface area contributed by atoms with Crippen LogP contribution >= 0.6 is 11.3 Å². The zero-order valence-electron chi connectivity index (χ0n) is 20.0. The predicted molar refractivity (Wildman–Crippen MR) is 141 cm³/mol. The number of ether oxygens (including phenoxy) is 1. The van der Waals surface area contributed by atoms with E-state index in [-0.39, 0.29) is 11.9 Å². The number of carbonyl (C=O) groups excluding carboxylic acids is 1. The number of benzene rings is 2. The third-order valence-corrected chi connectivity index (χ3v) is 6.84. The maximum absolute atomic E-state index is 13.2. The summed E-state index contributed by atoms with van der Waals surface area (Å²) >= 11 is 1.22. The molecule has 2 aromatic carbocycles. The van der Waals surface area contributed by atoms with Crippen molar-refractivity contribution in [2.75, 3.05) is 23.9 Å². The molecule has 182 valence electrons. The van der Waals surface area contributed by atoms with Gasteiger partial charge in [-0.05, 0) is 60.0 Å². The molecule has 10 heteroatoms. The number of pyridine rings is 1. The summed E-state index contributed by atoms with van der Waals surface area (Å²) < 4.78 is 12.3. The number of hydrogen-bond acceptors (Lipinski definition) is 8. The van der Waals surface area contributed by atoms with Crippen LogP contribution in [0.3, 0.4) is 0 Å². The van der Waals surface area contributed by atoms with Crippen molar-refractivity contribution in [3.8, 4) is 28.1 Å². The molecule has 0 bridgehead atoms. The van der Waals surface area contributed by atoms with E-state index >= 15 is 0 Å². The van der Waals surface area contributed by atoms with Crippen molar-refractivity contribution in [1.29, 1.82) is 0 Å². The molecule has 3 heterocycles. The van der Waals surface area contributed by atoms with E-state index in [9.17, 15) is 4.79 Å². The van der Waals surface area contributed by atoms with Gasteiger partial charge in [0, 0.05) is 16.6 Å². The number of nitrogens with zero attached hydrogens (tertiary/aromatic N) is 3. The van der Waals surface area contributed by atoms with Crippen LogP contribution in [-0.4, -0.2) is 23.3 Å². The Hall–Kier alpha value is -4.44. The second-order valence-corrected chi connectivity index (χ2v) is 9.53. The number of methoxy groups -OCH3 is 1. The lowest BCUT2D eigenvalue weighted by Gasteiger charge is -2.10. The Morgan fingerprint density at radius 3 is 2.58 bits per heavy atom. The molecule has 9 nitrogen and oxygen atoms in total. The first-order valence-corrected chi connectivity index (χ1v) is 12.1. The minimum atomic E-state index is -0.395. The fraction of sp³-hybridized carbons (Fsp3) is 0.154. The number of thiophene rings is 1. The predicted octanol–water partition coefficient (Wildman–Crippen LogP) is 4.91. The van der Waals surface area contributed by atoms with Gasteiger partial charge in [-0.15, -0.1) is 11.3 Å². The molecule has 0 unspecified atom stereocenters. The summed E-state index contributed by atoms with van der Waals surface area (Å²) in [5.74, 6) is 0.546. The van der Waals surface area contributed by atoms with Crippen molar-refractivity contribution >= 4 is 44.7 Å². The Labute approximate surface area is 211 Å². The lowest BCUT2D eigenvalue weighted by atomic mass is 9.99. The number of rotatable bonds is 6. The van der Waals surface area contributed by atoms with Gasteiger partial charge in [0.15, 0.2) is 6.04 Å². The molecule has 0 atom stereocenters. The molecular formula is C26H25N6O3S+. The Balaban J connectivity index is 1.64. The van der Waals surface area contributed by atoms with Crippen LogP contribution in [0.15, 0.2) is 65.3 Å². The van der Waals surface area contributed by atoms with Gasteiger partial charge in [-0.2, -0.15) is 0 Å². The number of fused-ring (bicyclic) bond motifs is 1. The Bertz CT molecular complexity index is 1570. The van der Waals surface area contributed by atoms with Gasteiger partial charge in [0.2, 0.25) is 5.27 Å². The zero-order chi connectivity index (χ0) is 25.4. The number of anilines is 3. The van der Waals surface area contributed by atoms with Crippen LogP contribution in [0, 0.1) is 0 Å². The second kappa shape index (κ2) is 9.31. The summed E-state index contributed by atoms with van der Waals surface area (Å²) in [6, 6.07) is 17.2. The number of aromatic nitrogens is 3. The first-order valence-electron chi connectivity index (χ1n) is 11.3. The number of hydrogen-bond donors (Lipinski definition) is 3. The van der Waals surface area contributed by atoms with Crippen molar-refractivity contribution in [2.45, 2.75) is 19.9 Å². The molecule has 0 spiro atoms. The number of nitrogens with one attached hydrogen (secondary N) is 1. The molecule has 0 aliphatic rings. The van der Waals surface area contributed by atoms with E-state index in [1.807, 2.05) is 68.4 Å². The van der Waals surface area contributed by atoms with E-state index in [2.05, 4.69) is 10.6 Å². The van der Waals surface area contributed by atoms with Gasteiger partial charge < -0.3 is 16.2 Å². The maximum Gasteiger partial charge on any atom is 0.302 e. The standard InChI is InChI=1S/C26H24N6O3S/c1-14(2)32-13-21(35-31-32)30-25(33)24-23(28)22-19(16-5-4-6-18(11-16)34-3)12-20(29-26(22)36-24)15-7-9-17(27)10-8-15/h4-14H,1-3H3,(H4-,27,28,29,30,31,33)/p+1. The van der Waals surface area contributed by atoms with Crippen molar-refractivity contribution in [2.24, 2.45) is 0 Å². The summed E-state index contributed by atoms with van der Waals surface area (Å²) in [6.45, 7) is 3.92. The normalized spacial score (nSPS) is 11.2. The van der Waals surface area contributed by atoms with Crippen molar-refractivity contribution in [3.05, 3.63) is 65.7 Å². The maximum atomic E-state index is 13.2. The minimum absolute atomic E-state index is 0.0928. The topological polar surface area (TPSA) is 133 Å². The van der Waals surface area contributed by atoms with E-state index < -0.39 is 5.91 Å².